The molecule has 0 amide bonds. The molecule has 0 spiro atoms. The molecule has 4 aromatic heterocycles. The van der Waals surface area contributed by atoms with E-state index in [-0.39, 0.29) is 41.5 Å². The first kappa shape index (κ1) is 35.1. The van der Waals surface area contributed by atoms with Gasteiger partial charge >= 0.3 is 5.69 Å². The van der Waals surface area contributed by atoms with Crippen molar-refractivity contribution in [1.29, 1.82) is 0 Å². The van der Waals surface area contributed by atoms with E-state index in [1.165, 1.54) is 38.1 Å². The Kier molecular flexibility index (Phi) is 9.68. The number of hydrogen-bond donors (Lipinski definition) is 0. The standard InChI is InChI=1S/C38H35F2N5O6S/c1-52(49,50)51-17-3-4-24-7-11-26(12-8-24)27-5-2-6-31(19-27)44-36-32(20-29(40)21-41-36)37(47)45(38(44)48)30-14-9-25(10-15-30)18-34(46)33-23-43-22-28(39)13-16-35(43)42-33/h2,5-8,11-13,16,19-23,25,30H,3-4,9-10,14-15,17-18H2,1H3. The van der Waals surface area contributed by atoms with E-state index in [9.17, 15) is 31.6 Å². The Labute approximate surface area is 297 Å². The number of aromatic nitrogens is 5. The molecule has 0 bridgehead atoms. The number of carbonyl (C=O) groups is 1. The smallest absolute Gasteiger partial charge is 0.303 e. The lowest BCUT2D eigenvalue weighted by Gasteiger charge is -2.29. The van der Waals surface area contributed by atoms with Crippen LogP contribution in [0.5, 0.6) is 0 Å². The normalized spacial score (nSPS) is 16.4. The minimum Gasteiger partial charge on any atom is -0.303 e. The molecular weight excluding hydrogens is 693 g/mol. The molecule has 4 heterocycles. The van der Waals surface area contributed by atoms with Crippen molar-refractivity contribution in [2.45, 2.75) is 51.0 Å². The third kappa shape index (κ3) is 7.48. The van der Waals surface area contributed by atoms with Crippen LogP contribution < -0.4 is 11.2 Å². The number of pyridine rings is 2. The second kappa shape index (κ2) is 14.4. The average molecular weight is 728 g/mol. The number of rotatable bonds is 11. The fraction of sp³-hybridized carbons (Fsp3) is 0.289. The van der Waals surface area contributed by atoms with Gasteiger partial charge in [0.25, 0.3) is 15.7 Å². The number of carbonyl (C=O) groups excluding carboxylic acids is 1. The van der Waals surface area contributed by atoms with Crippen LogP contribution in [-0.2, 0) is 20.7 Å². The quantitative estimate of drug-likeness (QED) is 0.0895. The number of Topliss-reactive ketones (excluding diaryl/α,β-unsaturated/α-hetero) is 1. The Hall–Kier alpha value is -5.34. The van der Waals surface area contributed by atoms with Crippen LogP contribution in [0.2, 0.25) is 0 Å². The molecule has 0 radical (unpaired) electrons. The Morgan fingerprint density at radius 3 is 2.44 bits per heavy atom. The van der Waals surface area contributed by atoms with Crippen LogP contribution in [0.15, 0.2) is 94.9 Å². The van der Waals surface area contributed by atoms with Gasteiger partial charge in [0.15, 0.2) is 11.4 Å². The van der Waals surface area contributed by atoms with Crippen LogP contribution >= 0.6 is 0 Å². The zero-order chi connectivity index (χ0) is 36.6. The van der Waals surface area contributed by atoms with Crippen LogP contribution in [0, 0.1) is 17.6 Å². The average Bonchev–Trinajstić information content (AvgIpc) is 3.55. The summed E-state index contributed by atoms with van der Waals surface area (Å²) in [6.45, 7) is 0.0978. The van der Waals surface area contributed by atoms with Gasteiger partial charge in [0.1, 0.15) is 23.0 Å². The molecule has 1 aliphatic rings. The maximum Gasteiger partial charge on any atom is 0.337 e. The summed E-state index contributed by atoms with van der Waals surface area (Å²) in [7, 11) is -3.49. The molecule has 52 heavy (non-hydrogen) atoms. The van der Waals surface area contributed by atoms with Gasteiger partial charge in [0.05, 0.1) is 30.1 Å². The van der Waals surface area contributed by atoms with Crippen LogP contribution in [0.1, 0.15) is 60.6 Å². The van der Waals surface area contributed by atoms with Gasteiger partial charge in [-0.15, -0.1) is 0 Å². The number of benzene rings is 2. The molecule has 6 aromatic rings. The molecule has 7 rings (SSSR count). The minimum absolute atomic E-state index is 0.00619. The largest absolute Gasteiger partial charge is 0.337 e. The predicted molar refractivity (Wildman–Crippen MR) is 191 cm³/mol. The van der Waals surface area contributed by atoms with Crippen molar-refractivity contribution < 1.29 is 26.2 Å². The highest BCUT2D eigenvalue weighted by molar-refractivity contribution is 7.85. The third-order valence-corrected chi connectivity index (χ3v) is 10.1. The summed E-state index contributed by atoms with van der Waals surface area (Å²) in [6.07, 6.45) is 8.27. The number of aryl methyl sites for hydroxylation is 1. The number of fused-ring (bicyclic) bond motifs is 2. The fourth-order valence-electron chi connectivity index (χ4n) is 6.99. The SMILES string of the molecule is CS(=O)(=O)OCCCc1ccc(-c2cccc(-n3c(=O)n(C4CCC(CC(=O)c5cn6cc(F)ccc6n5)CC4)c(=O)c4cc(F)cnc43)c2)cc1. The first-order chi connectivity index (χ1) is 24.9. The highest BCUT2D eigenvalue weighted by atomic mass is 32.2. The van der Waals surface area contributed by atoms with E-state index in [1.807, 2.05) is 36.4 Å². The van der Waals surface area contributed by atoms with E-state index in [0.717, 1.165) is 35.2 Å². The first-order valence-electron chi connectivity index (χ1n) is 17.0. The number of nitrogens with zero attached hydrogens (tertiary/aromatic N) is 5. The molecule has 0 saturated heterocycles. The topological polar surface area (TPSA) is 135 Å². The first-order valence-corrected chi connectivity index (χ1v) is 18.8. The minimum atomic E-state index is -3.49. The van der Waals surface area contributed by atoms with Crippen molar-refractivity contribution in [1.82, 2.24) is 23.5 Å². The van der Waals surface area contributed by atoms with Crippen molar-refractivity contribution in [3.05, 3.63) is 129 Å². The van der Waals surface area contributed by atoms with Gasteiger partial charge < -0.3 is 4.40 Å². The second-order valence-electron chi connectivity index (χ2n) is 13.2. The fourth-order valence-corrected chi connectivity index (χ4v) is 7.41. The van der Waals surface area contributed by atoms with E-state index in [1.54, 1.807) is 12.1 Å². The van der Waals surface area contributed by atoms with Crippen molar-refractivity contribution in [3.63, 3.8) is 0 Å². The number of hydrogen-bond acceptors (Lipinski definition) is 8. The zero-order valence-electron chi connectivity index (χ0n) is 28.2. The van der Waals surface area contributed by atoms with E-state index in [0.29, 0.717) is 49.9 Å². The van der Waals surface area contributed by atoms with Crippen molar-refractivity contribution in [3.8, 4) is 16.8 Å². The third-order valence-electron chi connectivity index (χ3n) is 9.55. The van der Waals surface area contributed by atoms with Crippen molar-refractivity contribution in [2.75, 3.05) is 12.9 Å². The molecule has 1 fully saturated rings. The number of halogens is 2. The molecular formula is C38H35F2N5O6S. The molecule has 0 atom stereocenters. The molecule has 0 aliphatic heterocycles. The maximum absolute atomic E-state index is 14.5. The Bertz CT molecular complexity index is 2540. The summed E-state index contributed by atoms with van der Waals surface area (Å²) in [4.78, 5) is 49.7. The lowest BCUT2D eigenvalue weighted by molar-refractivity contribution is 0.0938. The number of ketones is 1. The molecule has 1 aliphatic carbocycles. The van der Waals surface area contributed by atoms with E-state index in [4.69, 9.17) is 4.18 Å². The van der Waals surface area contributed by atoms with Gasteiger partial charge in [-0.2, -0.15) is 8.42 Å². The van der Waals surface area contributed by atoms with Crippen molar-refractivity contribution in [2.24, 2.45) is 5.92 Å². The molecule has 0 N–H and O–H groups in total. The van der Waals surface area contributed by atoms with E-state index in [2.05, 4.69) is 9.97 Å². The molecule has 11 nitrogen and oxygen atoms in total. The van der Waals surface area contributed by atoms with E-state index < -0.39 is 39.0 Å². The molecule has 268 valence electrons. The summed E-state index contributed by atoms with van der Waals surface area (Å²) in [5, 5.41) is -0.0187. The van der Waals surface area contributed by atoms with Crippen LogP contribution in [0.3, 0.4) is 0 Å². The Balaban J connectivity index is 1.13. The van der Waals surface area contributed by atoms with Crippen LogP contribution in [0.25, 0.3) is 33.5 Å². The number of imidazole rings is 1. The van der Waals surface area contributed by atoms with Gasteiger partial charge in [0.2, 0.25) is 0 Å². The van der Waals surface area contributed by atoms with Gasteiger partial charge in [-0.3, -0.25) is 18.3 Å². The monoisotopic (exact) mass is 727 g/mol. The lowest BCUT2D eigenvalue weighted by atomic mass is 9.82. The molecule has 14 heteroatoms. The summed E-state index contributed by atoms with van der Waals surface area (Å²) >= 11 is 0. The van der Waals surface area contributed by atoms with Crippen LogP contribution in [0.4, 0.5) is 8.78 Å². The van der Waals surface area contributed by atoms with Gasteiger partial charge in [-0.1, -0.05) is 36.4 Å². The van der Waals surface area contributed by atoms with Crippen molar-refractivity contribution >= 4 is 32.6 Å². The Morgan fingerprint density at radius 1 is 0.923 bits per heavy atom. The summed E-state index contributed by atoms with van der Waals surface area (Å²) < 4.78 is 59.4. The van der Waals surface area contributed by atoms with Gasteiger partial charge in [-0.05, 0) is 91.5 Å². The highest BCUT2D eigenvalue weighted by Crippen LogP contribution is 2.34. The summed E-state index contributed by atoms with van der Waals surface area (Å²) in [5.41, 5.74) is 2.69. The summed E-state index contributed by atoms with van der Waals surface area (Å²) in [6, 6.07) is 18.4. The second-order valence-corrected chi connectivity index (χ2v) is 14.9. The lowest BCUT2D eigenvalue weighted by Crippen LogP contribution is -2.43. The predicted octanol–water partition coefficient (Wildman–Crippen LogP) is 6.05. The van der Waals surface area contributed by atoms with Gasteiger partial charge in [-0.25, -0.2) is 28.1 Å². The maximum atomic E-state index is 14.5. The molecule has 1 saturated carbocycles. The highest BCUT2D eigenvalue weighted by Gasteiger charge is 2.29. The zero-order valence-corrected chi connectivity index (χ0v) is 29.1. The Morgan fingerprint density at radius 2 is 1.69 bits per heavy atom. The van der Waals surface area contributed by atoms with Gasteiger partial charge in [0, 0.05) is 24.9 Å². The van der Waals surface area contributed by atoms with Crippen LogP contribution in [-0.4, -0.2) is 50.6 Å². The van der Waals surface area contributed by atoms with E-state index >= 15 is 0 Å². The molecule has 2 aromatic carbocycles. The summed E-state index contributed by atoms with van der Waals surface area (Å²) in [5.74, 6) is -1.29. The molecule has 0 unspecified atom stereocenters.